The number of amides is 1. The minimum absolute atomic E-state index is 0. The molecule has 1 fully saturated rings. The third-order valence-corrected chi connectivity index (χ3v) is 4.06. The number of nitrogens with one attached hydrogen (secondary N) is 2. The number of ether oxygens (including phenoxy) is 1. The highest BCUT2D eigenvalue weighted by atomic mass is 35.5. The van der Waals surface area contributed by atoms with Gasteiger partial charge in [0.15, 0.2) is 0 Å². The summed E-state index contributed by atoms with van der Waals surface area (Å²) >= 11 is 1.62. The summed E-state index contributed by atoms with van der Waals surface area (Å²) in [6, 6.07) is 7.45. The van der Waals surface area contributed by atoms with Gasteiger partial charge < -0.3 is 15.4 Å². The number of thiazole rings is 1. The third-order valence-electron chi connectivity index (χ3n) is 3.28. The lowest BCUT2D eigenvalue weighted by molar-refractivity contribution is -0.120. The van der Waals surface area contributed by atoms with Crippen LogP contribution in [-0.2, 0) is 9.53 Å². The van der Waals surface area contributed by atoms with Gasteiger partial charge in [-0.3, -0.25) is 4.79 Å². The maximum Gasteiger partial charge on any atom is 0.243 e. The second-order valence-corrected chi connectivity index (χ2v) is 5.97. The number of carbonyl (C=O) groups is 1. The van der Waals surface area contributed by atoms with Crippen molar-refractivity contribution in [3.63, 3.8) is 0 Å². The number of aromatic nitrogens is 1. The first-order chi connectivity index (χ1) is 10.2. The number of anilines is 1. The van der Waals surface area contributed by atoms with Crippen LogP contribution in [0.2, 0.25) is 0 Å². The van der Waals surface area contributed by atoms with E-state index in [1.165, 1.54) is 0 Å². The molecule has 0 aliphatic carbocycles. The molecule has 22 heavy (non-hydrogen) atoms. The number of hydrogen-bond acceptors (Lipinski definition) is 5. The lowest BCUT2D eigenvalue weighted by Crippen LogP contribution is -2.48. The van der Waals surface area contributed by atoms with Crippen LogP contribution in [0.5, 0.6) is 0 Å². The lowest BCUT2D eigenvalue weighted by Gasteiger charge is -2.22. The molecule has 7 heteroatoms. The normalized spacial score (nSPS) is 17.6. The first kappa shape index (κ1) is 16.9. The molecule has 1 aromatic heterocycles. The van der Waals surface area contributed by atoms with Crippen molar-refractivity contribution in [1.82, 2.24) is 10.3 Å². The zero-order valence-corrected chi connectivity index (χ0v) is 13.8. The summed E-state index contributed by atoms with van der Waals surface area (Å²) in [5.74, 6) is -0.0682. The van der Waals surface area contributed by atoms with Crippen LogP contribution in [0.4, 0.5) is 5.69 Å². The van der Waals surface area contributed by atoms with Crippen LogP contribution in [0.3, 0.4) is 0 Å². The van der Waals surface area contributed by atoms with Crippen LogP contribution in [0.15, 0.2) is 29.6 Å². The Kier molecular flexibility index (Phi) is 5.90. The number of halogens is 1. The lowest BCUT2D eigenvalue weighted by atomic mass is 10.1. The van der Waals surface area contributed by atoms with Gasteiger partial charge in [-0.05, 0) is 19.1 Å². The summed E-state index contributed by atoms with van der Waals surface area (Å²) in [6.07, 6.45) is 0. The molecule has 1 aromatic carbocycles. The van der Waals surface area contributed by atoms with Gasteiger partial charge >= 0.3 is 0 Å². The van der Waals surface area contributed by atoms with Crippen molar-refractivity contribution in [2.45, 2.75) is 13.0 Å². The molecule has 2 N–H and O–H groups in total. The Balaban J connectivity index is 0.00000176. The van der Waals surface area contributed by atoms with E-state index in [-0.39, 0.29) is 24.4 Å². The van der Waals surface area contributed by atoms with Crippen molar-refractivity contribution in [1.29, 1.82) is 0 Å². The van der Waals surface area contributed by atoms with Crippen molar-refractivity contribution in [3.05, 3.63) is 34.7 Å². The Morgan fingerprint density at radius 3 is 3.05 bits per heavy atom. The van der Waals surface area contributed by atoms with Crippen molar-refractivity contribution in [3.8, 4) is 11.3 Å². The molecule has 2 heterocycles. The molecule has 1 atom stereocenters. The van der Waals surface area contributed by atoms with Crippen LogP contribution in [-0.4, -0.2) is 36.7 Å². The van der Waals surface area contributed by atoms with Crippen molar-refractivity contribution >= 4 is 35.3 Å². The molecule has 1 amide bonds. The number of aryl methyl sites for hydroxylation is 1. The van der Waals surface area contributed by atoms with Gasteiger partial charge in [-0.2, -0.15) is 0 Å². The average molecular weight is 340 g/mol. The highest BCUT2D eigenvalue weighted by Gasteiger charge is 2.21. The van der Waals surface area contributed by atoms with Gasteiger partial charge in [0.2, 0.25) is 5.91 Å². The first-order valence-corrected chi connectivity index (χ1v) is 7.75. The molecule has 1 aliphatic heterocycles. The van der Waals surface area contributed by atoms with E-state index in [9.17, 15) is 4.79 Å². The molecule has 1 saturated heterocycles. The second kappa shape index (κ2) is 7.69. The quantitative estimate of drug-likeness (QED) is 0.901. The van der Waals surface area contributed by atoms with Crippen LogP contribution in [0, 0.1) is 6.92 Å². The van der Waals surface area contributed by atoms with E-state index in [1.54, 1.807) is 11.3 Å². The minimum atomic E-state index is -0.288. The summed E-state index contributed by atoms with van der Waals surface area (Å²) in [7, 11) is 0. The molecule has 0 saturated carbocycles. The molecule has 3 rings (SSSR count). The van der Waals surface area contributed by atoms with E-state index in [0.717, 1.165) is 22.0 Å². The van der Waals surface area contributed by atoms with Crippen molar-refractivity contribution in [2.24, 2.45) is 0 Å². The Hall–Kier alpha value is -1.47. The largest absolute Gasteiger partial charge is 0.378 e. The van der Waals surface area contributed by atoms with Gasteiger partial charge in [-0.1, -0.05) is 12.1 Å². The topological polar surface area (TPSA) is 63.2 Å². The maximum absolute atomic E-state index is 12.2. The first-order valence-electron chi connectivity index (χ1n) is 6.87. The fraction of sp³-hybridized carbons (Fsp3) is 0.333. The van der Waals surface area contributed by atoms with Crippen molar-refractivity contribution in [2.75, 3.05) is 25.1 Å². The zero-order valence-electron chi connectivity index (χ0n) is 12.2. The Bertz CT molecular complexity index is 641. The molecule has 0 bridgehead atoms. The second-order valence-electron chi connectivity index (χ2n) is 4.90. The number of hydrogen-bond donors (Lipinski definition) is 2. The Morgan fingerprint density at radius 1 is 1.50 bits per heavy atom. The number of benzene rings is 1. The molecule has 5 nitrogen and oxygen atoms in total. The van der Waals surface area contributed by atoms with Crippen LogP contribution in [0.25, 0.3) is 11.3 Å². The summed E-state index contributed by atoms with van der Waals surface area (Å²) in [6.45, 7) is 3.75. The van der Waals surface area contributed by atoms with Crippen molar-refractivity contribution < 1.29 is 9.53 Å². The number of nitrogens with zero attached hydrogens (tertiary/aromatic N) is 1. The third kappa shape index (κ3) is 4.04. The highest BCUT2D eigenvalue weighted by molar-refractivity contribution is 7.09. The molecule has 1 unspecified atom stereocenters. The summed E-state index contributed by atoms with van der Waals surface area (Å²) in [5, 5.41) is 9.11. The molecule has 0 radical (unpaired) electrons. The van der Waals surface area contributed by atoms with E-state index in [0.29, 0.717) is 19.8 Å². The number of carbonyl (C=O) groups excluding carboxylic acids is 1. The van der Waals surface area contributed by atoms with E-state index in [2.05, 4.69) is 15.6 Å². The van der Waals surface area contributed by atoms with Gasteiger partial charge in [0.05, 0.1) is 23.9 Å². The summed E-state index contributed by atoms with van der Waals surface area (Å²) in [4.78, 5) is 16.6. The molecular formula is C15H18ClN3O2S. The van der Waals surface area contributed by atoms with Gasteiger partial charge in [0, 0.05) is 23.2 Å². The van der Waals surface area contributed by atoms with Gasteiger partial charge in [0.1, 0.15) is 6.04 Å². The summed E-state index contributed by atoms with van der Waals surface area (Å²) in [5.41, 5.74) is 2.72. The minimum Gasteiger partial charge on any atom is -0.378 e. The van der Waals surface area contributed by atoms with Gasteiger partial charge in [-0.25, -0.2) is 4.98 Å². The number of morpholine rings is 1. The van der Waals surface area contributed by atoms with Gasteiger partial charge in [-0.15, -0.1) is 23.7 Å². The molecule has 2 aromatic rings. The molecule has 118 valence electrons. The van der Waals surface area contributed by atoms with Crippen LogP contribution in [0.1, 0.15) is 5.01 Å². The highest BCUT2D eigenvalue weighted by Crippen LogP contribution is 2.24. The van der Waals surface area contributed by atoms with E-state index >= 15 is 0 Å². The molecular weight excluding hydrogens is 322 g/mol. The van der Waals surface area contributed by atoms with E-state index in [1.807, 2.05) is 36.6 Å². The smallest absolute Gasteiger partial charge is 0.243 e. The predicted octanol–water partition coefficient (Wildman–Crippen LogP) is 2.47. The van der Waals surface area contributed by atoms with E-state index in [4.69, 9.17) is 4.74 Å². The number of rotatable bonds is 3. The maximum atomic E-state index is 12.2. The zero-order chi connectivity index (χ0) is 14.7. The van der Waals surface area contributed by atoms with Gasteiger partial charge in [0.25, 0.3) is 0 Å². The summed E-state index contributed by atoms with van der Waals surface area (Å²) < 4.78 is 5.30. The van der Waals surface area contributed by atoms with Crippen LogP contribution < -0.4 is 10.6 Å². The van der Waals surface area contributed by atoms with E-state index < -0.39 is 0 Å². The fourth-order valence-electron chi connectivity index (χ4n) is 2.22. The molecule has 0 spiro atoms. The molecule has 1 aliphatic rings. The SMILES string of the molecule is Cc1nc(-c2cccc(NC(=O)C3COCCN3)c2)cs1.Cl. The Labute approximate surface area is 139 Å². The van der Waals surface area contributed by atoms with Crippen LogP contribution >= 0.6 is 23.7 Å². The average Bonchev–Trinajstić information content (AvgIpc) is 2.95. The monoisotopic (exact) mass is 339 g/mol. The predicted molar refractivity (Wildman–Crippen MR) is 90.8 cm³/mol. The Morgan fingerprint density at radius 2 is 2.36 bits per heavy atom. The standard InChI is InChI=1S/C15H17N3O2S.ClH/c1-10-17-14(9-21-10)11-3-2-4-12(7-11)18-15(19)13-8-20-6-5-16-13;/h2-4,7,9,13,16H,5-6,8H2,1H3,(H,18,19);1H. The fourth-order valence-corrected chi connectivity index (χ4v) is 2.84.